The van der Waals surface area contributed by atoms with E-state index in [-0.39, 0.29) is 12.2 Å². The topological polar surface area (TPSA) is 49.7 Å². The molecular formula is C19H36O3. The van der Waals surface area contributed by atoms with Crippen LogP contribution in [0, 0.1) is 0 Å². The Hall–Kier alpha value is -0.380. The van der Waals surface area contributed by atoms with E-state index in [0.717, 1.165) is 32.1 Å². The normalized spacial score (nSPS) is 26.2. The summed E-state index contributed by atoms with van der Waals surface area (Å²) in [4.78, 5) is 0. The van der Waals surface area contributed by atoms with Gasteiger partial charge in [-0.2, -0.15) is 0 Å². The number of allylic oxidation sites excluding steroid dienone is 1. The summed E-state index contributed by atoms with van der Waals surface area (Å²) >= 11 is 0. The van der Waals surface area contributed by atoms with E-state index in [4.69, 9.17) is 4.74 Å². The van der Waals surface area contributed by atoms with E-state index >= 15 is 0 Å². The van der Waals surface area contributed by atoms with Crippen LogP contribution in [0.25, 0.3) is 0 Å². The van der Waals surface area contributed by atoms with Crippen LogP contribution in [0.2, 0.25) is 0 Å². The second-order valence-corrected chi connectivity index (χ2v) is 6.71. The average molecular weight is 312 g/mol. The molecule has 1 fully saturated rings. The minimum absolute atomic E-state index is 0.0647. The highest BCUT2D eigenvalue weighted by molar-refractivity contribution is 4.85. The number of hydrogen-bond donors (Lipinski definition) is 2. The number of unbranched alkanes of at least 4 members (excludes halogenated alkanes) is 7. The molecule has 130 valence electrons. The van der Waals surface area contributed by atoms with Gasteiger partial charge in [-0.15, -0.1) is 6.58 Å². The Morgan fingerprint density at radius 1 is 1.14 bits per heavy atom. The molecule has 1 heterocycles. The lowest BCUT2D eigenvalue weighted by Gasteiger charge is -2.19. The predicted molar refractivity (Wildman–Crippen MR) is 91.9 cm³/mol. The maximum atomic E-state index is 10.2. The molecule has 0 bridgehead atoms. The minimum atomic E-state index is -0.418. The lowest BCUT2D eigenvalue weighted by atomic mass is 10.0. The van der Waals surface area contributed by atoms with Gasteiger partial charge in [0, 0.05) is 6.42 Å². The second-order valence-electron chi connectivity index (χ2n) is 6.71. The molecule has 0 aliphatic carbocycles. The molecule has 1 rings (SSSR count). The van der Waals surface area contributed by atoms with Gasteiger partial charge < -0.3 is 14.9 Å². The van der Waals surface area contributed by atoms with Crippen LogP contribution in [-0.2, 0) is 4.74 Å². The highest BCUT2D eigenvalue weighted by atomic mass is 16.5. The second kappa shape index (κ2) is 12.1. The summed E-state index contributed by atoms with van der Waals surface area (Å²) in [6.07, 6.45) is 13.7. The maximum absolute atomic E-state index is 10.2. The standard InChI is InChI=1S/C19H36O3/c1-3-5-7-8-9-10-12-13-16(20)19-15-17(21)18(22-19)14-11-6-4-2/h3,16-21H,1,4-15H2,2H3/t16-,17+,18-,19+/m1/s1. The molecule has 0 amide bonds. The van der Waals surface area contributed by atoms with Gasteiger partial charge in [0.2, 0.25) is 0 Å². The number of rotatable bonds is 13. The summed E-state index contributed by atoms with van der Waals surface area (Å²) in [7, 11) is 0. The first-order valence-corrected chi connectivity index (χ1v) is 9.31. The first-order valence-electron chi connectivity index (χ1n) is 9.31. The highest BCUT2D eigenvalue weighted by Crippen LogP contribution is 2.28. The molecule has 2 N–H and O–H groups in total. The molecule has 0 radical (unpaired) electrons. The van der Waals surface area contributed by atoms with Crippen molar-refractivity contribution >= 4 is 0 Å². The Balaban J connectivity index is 2.10. The van der Waals surface area contributed by atoms with Crippen LogP contribution in [0.5, 0.6) is 0 Å². The Bertz CT molecular complexity index is 280. The van der Waals surface area contributed by atoms with Gasteiger partial charge in [-0.3, -0.25) is 0 Å². The van der Waals surface area contributed by atoms with Gasteiger partial charge >= 0.3 is 0 Å². The maximum Gasteiger partial charge on any atom is 0.0864 e. The molecule has 0 spiro atoms. The zero-order valence-electron chi connectivity index (χ0n) is 14.4. The van der Waals surface area contributed by atoms with E-state index in [0.29, 0.717) is 6.42 Å². The van der Waals surface area contributed by atoms with Crippen LogP contribution >= 0.6 is 0 Å². The van der Waals surface area contributed by atoms with E-state index < -0.39 is 12.2 Å². The van der Waals surface area contributed by atoms with E-state index in [1.807, 2.05) is 6.08 Å². The fourth-order valence-electron chi connectivity index (χ4n) is 3.22. The molecule has 3 nitrogen and oxygen atoms in total. The third-order valence-electron chi connectivity index (χ3n) is 4.68. The molecule has 0 saturated carbocycles. The number of aliphatic hydroxyl groups is 2. The van der Waals surface area contributed by atoms with Crippen molar-refractivity contribution in [1.29, 1.82) is 0 Å². The predicted octanol–water partition coefficient (Wildman–Crippen LogP) is 4.36. The van der Waals surface area contributed by atoms with Crippen molar-refractivity contribution < 1.29 is 14.9 Å². The Kier molecular flexibility index (Phi) is 10.8. The van der Waals surface area contributed by atoms with Crippen LogP contribution in [0.4, 0.5) is 0 Å². The number of ether oxygens (including phenoxy) is 1. The molecule has 1 saturated heterocycles. The Morgan fingerprint density at radius 2 is 1.86 bits per heavy atom. The van der Waals surface area contributed by atoms with Crippen molar-refractivity contribution in [2.75, 3.05) is 0 Å². The Morgan fingerprint density at radius 3 is 2.59 bits per heavy atom. The summed E-state index contributed by atoms with van der Waals surface area (Å²) in [6, 6.07) is 0. The van der Waals surface area contributed by atoms with Crippen molar-refractivity contribution in [1.82, 2.24) is 0 Å². The Labute approximate surface area is 136 Å². The zero-order chi connectivity index (χ0) is 16.2. The van der Waals surface area contributed by atoms with Crippen LogP contribution in [0.15, 0.2) is 12.7 Å². The van der Waals surface area contributed by atoms with Gasteiger partial charge in [-0.25, -0.2) is 0 Å². The smallest absolute Gasteiger partial charge is 0.0864 e. The molecule has 22 heavy (non-hydrogen) atoms. The van der Waals surface area contributed by atoms with Gasteiger partial charge in [0.05, 0.1) is 24.4 Å². The van der Waals surface area contributed by atoms with Crippen molar-refractivity contribution in [2.45, 2.75) is 108 Å². The monoisotopic (exact) mass is 312 g/mol. The van der Waals surface area contributed by atoms with Crippen molar-refractivity contribution in [3.63, 3.8) is 0 Å². The van der Waals surface area contributed by atoms with Gasteiger partial charge in [0.1, 0.15) is 0 Å². The van der Waals surface area contributed by atoms with Gasteiger partial charge in [-0.1, -0.05) is 57.9 Å². The number of aliphatic hydroxyl groups excluding tert-OH is 2. The van der Waals surface area contributed by atoms with E-state index in [9.17, 15) is 10.2 Å². The van der Waals surface area contributed by atoms with Gasteiger partial charge in [-0.05, 0) is 25.7 Å². The van der Waals surface area contributed by atoms with Crippen LogP contribution < -0.4 is 0 Å². The lowest BCUT2D eigenvalue weighted by Crippen LogP contribution is -2.26. The molecule has 0 unspecified atom stereocenters. The summed E-state index contributed by atoms with van der Waals surface area (Å²) in [5.74, 6) is 0. The SMILES string of the molecule is C=CCCCCCCC[C@@H](O)[C@@H]1C[C@H](O)[C@@H](CCCCC)O1. The molecule has 1 aliphatic rings. The summed E-state index contributed by atoms with van der Waals surface area (Å²) in [5.41, 5.74) is 0. The number of hydrogen-bond acceptors (Lipinski definition) is 3. The van der Waals surface area contributed by atoms with E-state index in [1.54, 1.807) is 0 Å². The van der Waals surface area contributed by atoms with Crippen molar-refractivity contribution in [3.8, 4) is 0 Å². The third-order valence-corrected chi connectivity index (χ3v) is 4.68. The highest BCUT2D eigenvalue weighted by Gasteiger charge is 2.36. The van der Waals surface area contributed by atoms with Gasteiger partial charge in [0.15, 0.2) is 0 Å². The summed E-state index contributed by atoms with van der Waals surface area (Å²) < 4.78 is 5.88. The zero-order valence-corrected chi connectivity index (χ0v) is 14.4. The fourth-order valence-corrected chi connectivity index (χ4v) is 3.22. The molecule has 0 aromatic rings. The molecule has 0 aromatic carbocycles. The van der Waals surface area contributed by atoms with Crippen LogP contribution in [0.1, 0.15) is 84.0 Å². The van der Waals surface area contributed by atoms with Crippen molar-refractivity contribution in [2.24, 2.45) is 0 Å². The van der Waals surface area contributed by atoms with Gasteiger partial charge in [0.25, 0.3) is 0 Å². The summed E-state index contributed by atoms with van der Waals surface area (Å²) in [5, 5.41) is 20.3. The molecular weight excluding hydrogens is 276 g/mol. The van der Waals surface area contributed by atoms with E-state index in [1.165, 1.54) is 38.5 Å². The van der Waals surface area contributed by atoms with Crippen LogP contribution in [0.3, 0.4) is 0 Å². The average Bonchev–Trinajstić information content (AvgIpc) is 2.88. The molecule has 0 aromatic heterocycles. The van der Waals surface area contributed by atoms with E-state index in [2.05, 4.69) is 13.5 Å². The minimum Gasteiger partial charge on any atom is -0.390 e. The first kappa shape index (κ1) is 19.7. The fraction of sp³-hybridized carbons (Fsp3) is 0.895. The first-order chi connectivity index (χ1) is 10.7. The largest absolute Gasteiger partial charge is 0.390 e. The molecule has 3 heteroatoms. The quantitative estimate of drug-likeness (QED) is 0.392. The molecule has 1 aliphatic heterocycles. The molecule has 4 atom stereocenters. The summed E-state index contributed by atoms with van der Waals surface area (Å²) in [6.45, 7) is 5.91. The van der Waals surface area contributed by atoms with Crippen molar-refractivity contribution in [3.05, 3.63) is 12.7 Å². The van der Waals surface area contributed by atoms with Crippen LogP contribution in [-0.4, -0.2) is 34.6 Å². The third kappa shape index (κ3) is 7.75. The lowest BCUT2D eigenvalue weighted by molar-refractivity contribution is -0.0498.